The Bertz CT molecular complexity index is 545. The molecule has 3 rings (SSSR count). The smallest absolute Gasteiger partial charge is 0.0531 e. The number of nitrogens with one attached hydrogen (secondary N) is 1. The SMILES string of the molecule is Cc1cncc(NC2CCN(c3ccccc3)CC2)c1. The van der Waals surface area contributed by atoms with Crippen LogP contribution in [0.4, 0.5) is 11.4 Å². The van der Waals surface area contributed by atoms with Crippen LogP contribution in [0.3, 0.4) is 0 Å². The van der Waals surface area contributed by atoms with Crippen LogP contribution in [0, 0.1) is 6.92 Å². The Morgan fingerprint density at radius 2 is 1.85 bits per heavy atom. The lowest BCUT2D eigenvalue weighted by Crippen LogP contribution is -2.39. The van der Waals surface area contributed by atoms with Gasteiger partial charge in [0.05, 0.1) is 5.69 Å². The molecule has 20 heavy (non-hydrogen) atoms. The summed E-state index contributed by atoms with van der Waals surface area (Å²) in [4.78, 5) is 6.70. The van der Waals surface area contributed by atoms with Crippen LogP contribution in [0.15, 0.2) is 48.8 Å². The number of benzene rings is 1. The zero-order chi connectivity index (χ0) is 13.8. The first-order valence-corrected chi connectivity index (χ1v) is 7.29. The van der Waals surface area contributed by atoms with Crippen molar-refractivity contribution in [3.8, 4) is 0 Å². The summed E-state index contributed by atoms with van der Waals surface area (Å²) in [5.41, 5.74) is 3.68. The van der Waals surface area contributed by atoms with Gasteiger partial charge in [0.15, 0.2) is 0 Å². The van der Waals surface area contributed by atoms with Crippen molar-refractivity contribution in [3.63, 3.8) is 0 Å². The van der Waals surface area contributed by atoms with E-state index in [2.05, 4.69) is 58.5 Å². The zero-order valence-corrected chi connectivity index (χ0v) is 11.9. The molecule has 0 amide bonds. The fourth-order valence-electron chi connectivity index (χ4n) is 2.79. The van der Waals surface area contributed by atoms with Gasteiger partial charge in [-0.3, -0.25) is 4.98 Å². The Kier molecular flexibility index (Phi) is 3.86. The minimum absolute atomic E-state index is 0.554. The van der Waals surface area contributed by atoms with Crippen molar-refractivity contribution in [2.75, 3.05) is 23.3 Å². The third-order valence-corrected chi connectivity index (χ3v) is 3.86. The van der Waals surface area contributed by atoms with Crippen LogP contribution in [0.5, 0.6) is 0 Å². The first-order valence-electron chi connectivity index (χ1n) is 7.29. The molecule has 0 spiro atoms. The van der Waals surface area contributed by atoms with E-state index in [0.29, 0.717) is 6.04 Å². The lowest BCUT2D eigenvalue weighted by Gasteiger charge is -2.34. The number of piperidine rings is 1. The van der Waals surface area contributed by atoms with Crippen molar-refractivity contribution >= 4 is 11.4 Å². The Morgan fingerprint density at radius 1 is 1.10 bits per heavy atom. The lowest BCUT2D eigenvalue weighted by atomic mass is 10.0. The second kappa shape index (κ2) is 5.95. The van der Waals surface area contributed by atoms with Gasteiger partial charge in [0.2, 0.25) is 0 Å². The maximum atomic E-state index is 4.24. The van der Waals surface area contributed by atoms with Crippen LogP contribution >= 0.6 is 0 Å². The molecule has 0 unspecified atom stereocenters. The highest BCUT2D eigenvalue weighted by Crippen LogP contribution is 2.21. The van der Waals surface area contributed by atoms with E-state index < -0.39 is 0 Å². The van der Waals surface area contributed by atoms with Crippen LogP contribution in [0.1, 0.15) is 18.4 Å². The van der Waals surface area contributed by atoms with E-state index in [-0.39, 0.29) is 0 Å². The molecule has 0 atom stereocenters. The Hall–Kier alpha value is -2.03. The van der Waals surface area contributed by atoms with Gasteiger partial charge in [0.1, 0.15) is 0 Å². The van der Waals surface area contributed by atoms with Crippen molar-refractivity contribution in [2.24, 2.45) is 0 Å². The highest BCUT2D eigenvalue weighted by atomic mass is 15.1. The average molecular weight is 267 g/mol. The van der Waals surface area contributed by atoms with Crippen molar-refractivity contribution in [1.82, 2.24) is 4.98 Å². The number of para-hydroxylation sites is 1. The Morgan fingerprint density at radius 3 is 2.55 bits per heavy atom. The van der Waals surface area contributed by atoms with E-state index in [4.69, 9.17) is 0 Å². The van der Waals surface area contributed by atoms with Gasteiger partial charge >= 0.3 is 0 Å². The highest BCUT2D eigenvalue weighted by molar-refractivity contribution is 5.47. The van der Waals surface area contributed by atoms with E-state index in [1.54, 1.807) is 0 Å². The monoisotopic (exact) mass is 267 g/mol. The van der Waals surface area contributed by atoms with Crippen molar-refractivity contribution in [3.05, 3.63) is 54.4 Å². The number of nitrogens with zero attached hydrogens (tertiary/aromatic N) is 2. The molecule has 0 radical (unpaired) electrons. The van der Waals surface area contributed by atoms with Gasteiger partial charge in [-0.05, 0) is 43.5 Å². The molecule has 1 aliphatic rings. The first kappa shape index (κ1) is 13.0. The standard InChI is InChI=1S/C17H21N3/c1-14-11-16(13-18-12-14)19-15-7-9-20(10-8-15)17-5-3-2-4-6-17/h2-6,11-13,15,19H,7-10H2,1H3. The molecule has 2 aromatic rings. The average Bonchev–Trinajstić information content (AvgIpc) is 2.49. The second-order valence-electron chi connectivity index (χ2n) is 5.49. The van der Waals surface area contributed by atoms with Crippen LogP contribution in [-0.2, 0) is 0 Å². The maximum absolute atomic E-state index is 4.24. The van der Waals surface area contributed by atoms with E-state index >= 15 is 0 Å². The normalized spacial score (nSPS) is 16.1. The lowest BCUT2D eigenvalue weighted by molar-refractivity contribution is 0.526. The summed E-state index contributed by atoms with van der Waals surface area (Å²) in [5.74, 6) is 0. The van der Waals surface area contributed by atoms with Gasteiger partial charge < -0.3 is 10.2 Å². The summed E-state index contributed by atoms with van der Waals surface area (Å²) in [6.07, 6.45) is 6.14. The first-order chi connectivity index (χ1) is 9.81. The van der Waals surface area contributed by atoms with Crippen LogP contribution < -0.4 is 10.2 Å². The molecule has 1 saturated heterocycles. The molecule has 1 fully saturated rings. The predicted molar refractivity (Wildman–Crippen MR) is 84.3 cm³/mol. The molecule has 2 heterocycles. The molecule has 3 nitrogen and oxygen atoms in total. The van der Waals surface area contributed by atoms with E-state index in [0.717, 1.165) is 18.8 Å². The van der Waals surface area contributed by atoms with Crippen LogP contribution in [-0.4, -0.2) is 24.1 Å². The summed E-state index contributed by atoms with van der Waals surface area (Å²) in [6.45, 7) is 4.30. The van der Waals surface area contributed by atoms with Gasteiger partial charge in [0.25, 0.3) is 0 Å². The number of anilines is 2. The summed E-state index contributed by atoms with van der Waals surface area (Å²) < 4.78 is 0. The summed E-state index contributed by atoms with van der Waals surface area (Å²) in [7, 11) is 0. The minimum Gasteiger partial charge on any atom is -0.381 e. The van der Waals surface area contributed by atoms with E-state index in [1.165, 1.54) is 24.1 Å². The summed E-state index contributed by atoms with van der Waals surface area (Å²) in [5, 5.41) is 3.60. The van der Waals surface area contributed by atoms with Crippen molar-refractivity contribution < 1.29 is 0 Å². The van der Waals surface area contributed by atoms with Gasteiger partial charge in [-0.2, -0.15) is 0 Å². The zero-order valence-electron chi connectivity index (χ0n) is 11.9. The highest BCUT2D eigenvalue weighted by Gasteiger charge is 2.19. The summed E-state index contributed by atoms with van der Waals surface area (Å²) in [6, 6.07) is 13.4. The third kappa shape index (κ3) is 3.10. The van der Waals surface area contributed by atoms with Gasteiger partial charge in [-0.1, -0.05) is 18.2 Å². The second-order valence-corrected chi connectivity index (χ2v) is 5.49. The van der Waals surface area contributed by atoms with Gasteiger partial charge in [-0.25, -0.2) is 0 Å². The number of aryl methyl sites for hydroxylation is 1. The topological polar surface area (TPSA) is 28.2 Å². The van der Waals surface area contributed by atoms with E-state index in [1.807, 2.05) is 12.4 Å². The molecule has 0 saturated carbocycles. The van der Waals surface area contributed by atoms with Gasteiger partial charge in [0, 0.05) is 37.2 Å². The largest absolute Gasteiger partial charge is 0.381 e. The third-order valence-electron chi connectivity index (χ3n) is 3.86. The molecule has 1 N–H and O–H groups in total. The molecule has 104 valence electrons. The number of hydrogen-bond donors (Lipinski definition) is 1. The fourth-order valence-corrected chi connectivity index (χ4v) is 2.79. The van der Waals surface area contributed by atoms with Crippen LogP contribution in [0.25, 0.3) is 0 Å². The quantitative estimate of drug-likeness (QED) is 0.923. The van der Waals surface area contributed by atoms with Crippen molar-refractivity contribution in [2.45, 2.75) is 25.8 Å². The number of aromatic nitrogens is 1. The molecule has 3 heteroatoms. The molecule has 0 bridgehead atoms. The molecular formula is C17H21N3. The molecule has 0 aliphatic carbocycles. The van der Waals surface area contributed by atoms with Gasteiger partial charge in [-0.15, -0.1) is 0 Å². The Labute approximate surface area is 120 Å². The van der Waals surface area contributed by atoms with Crippen molar-refractivity contribution in [1.29, 1.82) is 0 Å². The summed E-state index contributed by atoms with van der Waals surface area (Å²) >= 11 is 0. The number of pyridine rings is 1. The molecule has 1 aliphatic heterocycles. The van der Waals surface area contributed by atoms with E-state index in [9.17, 15) is 0 Å². The van der Waals surface area contributed by atoms with Crippen LogP contribution in [0.2, 0.25) is 0 Å². The molecule has 1 aromatic heterocycles. The minimum atomic E-state index is 0.554. The predicted octanol–water partition coefficient (Wildman–Crippen LogP) is 3.47. The Balaban J connectivity index is 1.56. The fraction of sp³-hybridized carbons (Fsp3) is 0.353. The molecular weight excluding hydrogens is 246 g/mol. The maximum Gasteiger partial charge on any atom is 0.0531 e. The molecule has 1 aromatic carbocycles. The number of rotatable bonds is 3. The number of hydrogen-bond acceptors (Lipinski definition) is 3.